The average Bonchev–Trinajstić information content (AvgIpc) is 0.918. The number of hydrogen-bond acceptors (Lipinski definition) is 2. The van der Waals surface area contributed by atoms with Crippen LogP contribution in [0.25, 0.3) is 0 Å². The van der Waals surface area contributed by atoms with E-state index in [1.807, 2.05) is 0 Å². The molecule has 4 heavy (non-hydrogen) atoms. The molecule has 0 bridgehead atoms. The number of hydrogen-bond donors (Lipinski definition) is 0. The van der Waals surface area contributed by atoms with Crippen molar-refractivity contribution in [2.24, 2.45) is 0 Å². The Morgan fingerprint density at radius 1 is 1.50 bits per heavy atom. The van der Waals surface area contributed by atoms with Crippen molar-refractivity contribution >= 4 is 11.6 Å². The molecule has 0 aliphatic carbocycles. The minimum atomic E-state index is -0.750. The molecule has 0 aliphatic heterocycles. The first-order valence-corrected chi connectivity index (χ1v) is 1.00. The van der Waals surface area contributed by atoms with Gasteiger partial charge in [0, 0.05) is 0 Å². The largest absolute Gasteiger partial charge is 1.00 e. The van der Waals surface area contributed by atoms with E-state index in [1.165, 1.54) is 0 Å². The van der Waals surface area contributed by atoms with E-state index < -0.39 is 11.6 Å². The summed E-state index contributed by atoms with van der Waals surface area (Å²) < 4.78 is 16.6. The van der Waals surface area contributed by atoms with E-state index >= 15 is 0 Å². The molecule has 0 amide bonds. The van der Waals surface area contributed by atoms with Crippen LogP contribution in [0.2, 0.25) is 0 Å². The molecule has 0 heterocycles. The van der Waals surface area contributed by atoms with Gasteiger partial charge in [-0.3, -0.25) is 0 Å². The van der Waals surface area contributed by atoms with E-state index in [1.54, 1.807) is 0 Å². The standard InChI is InChI=1S/Li.O2S.H/c;1-3-2;/q+1;;-1. The summed E-state index contributed by atoms with van der Waals surface area (Å²) >= 11 is -0.750. The predicted molar refractivity (Wildman–Crippen MR) is 10.0 cm³/mol. The van der Waals surface area contributed by atoms with Gasteiger partial charge in [-0.2, -0.15) is 8.42 Å². The van der Waals surface area contributed by atoms with Crippen molar-refractivity contribution in [1.82, 2.24) is 0 Å². The van der Waals surface area contributed by atoms with E-state index in [-0.39, 0.29) is 20.3 Å². The maximum atomic E-state index is 8.29. The van der Waals surface area contributed by atoms with Crippen LogP contribution in [0.5, 0.6) is 0 Å². The predicted octanol–water partition coefficient (Wildman–Crippen LogP) is -3.55. The van der Waals surface area contributed by atoms with Crippen molar-refractivity contribution < 1.29 is 28.7 Å². The van der Waals surface area contributed by atoms with E-state index in [9.17, 15) is 0 Å². The molecule has 0 saturated heterocycles. The van der Waals surface area contributed by atoms with Gasteiger partial charge in [0.2, 0.25) is 0 Å². The normalized spacial score (nSPS) is 3.00. The van der Waals surface area contributed by atoms with Crippen molar-refractivity contribution in [2.45, 2.75) is 0 Å². The van der Waals surface area contributed by atoms with E-state index in [0.29, 0.717) is 0 Å². The van der Waals surface area contributed by atoms with Crippen LogP contribution in [0, 0.1) is 0 Å². The quantitative estimate of drug-likeness (QED) is 0.278. The Kier molecular flexibility index (Phi) is 21.9. The van der Waals surface area contributed by atoms with Gasteiger partial charge in [0.1, 0.15) is 0 Å². The zero-order valence-corrected chi connectivity index (χ0v) is 3.04. The molecule has 4 heteroatoms. The van der Waals surface area contributed by atoms with Crippen LogP contribution in [0.3, 0.4) is 0 Å². The first-order valence-electron chi connectivity index (χ1n) is 0.333. The molecule has 0 rings (SSSR count). The van der Waals surface area contributed by atoms with Gasteiger partial charge < -0.3 is 1.43 Å². The Balaban J connectivity index is -0.0000000200. The minimum Gasteiger partial charge on any atom is -1.00 e. The molecule has 0 spiro atoms. The van der Waals surface area contributed by atoms with Gasteiger partial charge in [-0.1, -0.05) is 0 Å². The fourth-order valence-corrected chi connectivity index (χ4v) is 0. The minimum absolute atomic E-state index is 0. The molecule has 0 atom stereocenters. The summed E-state index contributed by atoms with van der Waals surface area (Å²) in [5.74, 6) is 0. The first-order chi connectivity index (χ1) is 1.41. The van der Waals surface area contributed by atoms with Gasteiger partial charge >= 0.3 is 30.4 Å². The van der Waals surface area contributed by atoms with Gasteiger partial charge in [-0.15, -0.1) is 0 Å². The third kappa shape index (κ3) is 27.9. The molecule has 0 N–H and O–H groups in total. The van der Waals surface area contributed by atoms with Crippen LogP contribution in [0.15, 0.2) is 0 Å². The zero-order chi connectivity index (χ0) is 2.71. The van der Waals surface area contributed by atoms with Gasteiger partial charge in [0.15, 0.2) is 0 Å². The fourth-order valence-electron chi connectivity index (χ4n) is 0. The van der Waals surface area contributed by atoms with Crippen LogP contribution in [0.1, 0.15) is 1.43 Å². The fraction of sp³-hybridized carbons (Fsp3) is 0. The molecule has 2 nitrogen and oxygen atoms in total. The van der Waals surface area contributed by atoms with Gasteiger partial charge in [-0.05, 0) is 0 Å². The van der Waals surface area contributed by atoms with Crippen LogP contribution in [0.4, 0.5) is 0 Å². The molecule has 0 fully saturated rings. The maximum Gasteiger partial charge on any atom is 1.00 e. The van der Waals surface area contributed by atoms with Gasteiger partial charge in [0.25, 0.3) is 0 Å². The van der Waals surface area contributed by atoms with Crippen molar-refractivity contribution in [1.29, 1.82) is 0 Å². The molecule has 0 radical (unpaired) electrons. The maximum absolute atomic E-state index is 8.29. The molecule has 0 aromatic rings. The summed E-state index contributed by atoms with van der Waals surface area (Å²) in [7, 11) is 0. The zero-order valence-electron chi connectivity index (χ0n) is 3.22. The third-order valence-corrected chi connectivity index (χ3v) is 0. The average molecular weight is 72.0 g/mol. The molecule has 0 saturated carbocycles. The third-order valence-electron chi connectivity index (χ3n) is 0. The summed E-state index contributed by atoms with van der Waals surface area (Å²) in [6.45, 7) is 0. The second-order valence-electron chi connectivity index (χ2n) is 0.0680. The van der Waals surface area contributed by atoms with E-state index in [0.717, 1.165) is 0 Å². The molecular formula is HLiO2S. The van der Waals surface area contributed by atoms with Crippen molar-refractivity contribution in [2.75, 3.05) is 0 Å². The van der Waals surface area contributed by atoms with Crippen LogP contribution >= 0.6 is 0 Å². The van der Waals surface area contributed by atoms with Crippen LogP contribution in [-0.4, -0.2) is 8.42 Å². The summed E-state index contributed by atoms with van der Waals surface area (Å²) in [4.78, 5) is 0. The van der Waals surface area contributed by atoms with Gasteiger partial charge in [0.05, 0.1) is 0 Å². The monoisotopic (exact) mass is 72.0 g/mol. The van der Waals surface area contributed by atoms with Crippen LogP contribution in [-0.2, 0) is 11.6 Å². The van der Waals surface area contributed by atoms with Crippen molar-refractivity contribution in [3.8, 4) is 0 Å². The van der Waals surface area contributed by atoms with E-state index in [2.05, 4.69) is 0 Å². The Morgan fingerprint density at radius 3 is 1.50 bits per heavy atom. The molecule has 0 aliphatic rings. The van der Waals surface area contributed by atoms with Crippen molar-refractivity contribution in [3.05, 3.63) is 0 Å². The molecule has 0 unspecified atom stereocenters. The summed E-state index contributed by atoms with van der Waals surface area (Å²) in [6, 6.07) is 0. The van der Waals surface area contributed by atoms with Crippen LogP contribution < -0.4 is 18.9 Å². The smallest absolute Gasteiger partial charge is 1.00 e. The Hall–Kier alpha value is 0.417. The second-order valence-corrected chi connectivity index (χ2v) is 0.204. The SMILES string of the molecule is O=S=O.[H-].[Li+]. The summed E-state index contributed by atoms with van der Waals surface area (Å²) in [6.07, 6.45) is 0. The summed E-state index contributed by atoms with van der Waals surface area (Å²) in [5.41, 5.74) is 0. The van der Waals surface area contributed by atoms with E-state index in [4.69, 9.17) is 8.42 Å². The Morgan fingerprint density at radius 2 is 1.50 bits per heavy atom. The molecule has 0 aromatic carbocycles. The van der Waals surface area contributed by atoms with Gasteiger partial charge in [-0.25, -0.2) is 0 Å². The molecule has 20 valence electrons. The topological polar surface area (TPSA) is 34.1 Å². The molecular weight excluding hydrogens is 71.0 g/mol. The second kappa shape index (κ2) is 9.94. The Bertz CT molecular complexity index is 30.6. The summed E-state index contributed by atoms with van der Waals surface area (Å²) in [5, 5.41) is 0. The molecule has 0 aromatic heterocycles. The van der Waals surface area contributed by atoms with Crippen molar-refractivity contribution in [3.63, 3.8) is 0 Å². The number of rotatable bonds is 0. The first kappa shape index (κ1) is 8.83. The Labute approximate surface area is 40.8 Å².